The van der Waals surface area contributed by atoms with E-state index in [4.69, 9.17) is 0 Å². The molecule has 2 aromatic heterocycles. The van der Waals surface area contributed by atoms with Crippen LogP contribution >= 0.6 is 0 Å². The van der Waals surface area contributed by atoms with Gasteiger partial charge in [0.1, 0.15) is 11.7 Å². The summed E-state index contributed by atoms with van der Waals surface area (Å²) < 4.78 is 3.19. The maximum atomic E-state index is 12.5. The fourth-order valence-electron chi connectivity index (χ4n) is 2.81. The largest absolute Gasteiger partial charge is 0.481 e. The molecule has 0 aliphatic carbocycles. The standard InChI is InChI=1S/C16H13N3O3/c1-9(16(21)22)10-7-14(20)19-13-6-4-3-5-12(13)18(2)15(19)11(10)8-17/h3-7,9H,1-2H3,(H,21,22). The van der Waals surface area contributed by atoms with Crippen LogP contribution in [-0.4, -0.2) is 20.0 Å². The molecule has 1 N–H and O–H groups in total. The quantitative estimate of drug-likeness (QED) is 0.781. The van der Waals surface area contributed by atoms with E-state index in [1.807, 2.05) is 18.2 Å². The number of aromatic nitrogens is 2. The molecule has 1 unspecified atom stereocenters. The summed E-state index contributed by atoms with van der Waals surface area (Å²) in [4.78, 5) is 23.7. The van der Waals surface area contributed by atoms with Crippen molar-refractivity contribution >= 4 is 22.6 Å². The van der Waals surface area contributed by atoms with Crippen LogP contribution in [0.25, 0.3) is 16.7 Å². The molecule has 6 nitrogen and oxygen atoms in total. The Balaban J connectivity index is 2.58. The minimum Gasteiger partial charge on any atom is -0.481 e. The Hall–Kier alpha value is -3.07. The maximum Gasteiger partial charge on any atom is 0.310 e. The lowest BCUT2D eigenvalue weighted by molar-refractivity contribution is -0.138. The summed E-state index contributed by atoms with van der Waals surface area (Å²) in [5.41, 5.74) is 2.03. The zero-order chi connectivity index (χ0) is 16.0. The second-order valence-corrected chi connectivity index (χ2v) is 5.19. The van der Waals surface area contributed by atoms with Crippen molar-refractivity contribution in [1.82, 2.24) is 8.97 Å². The van der Waals surface area contributed by atoms with Gasteiger partial charge < -0.3 is 9.67 Å². The number of fused-ring (bicyclic) bond motifs is 3. The lowest BCUT2D eigenvalue weighted by Gasteiger charge is -2.10. The number of carboxylic acid groups (broad SMARTS) is 1. The first-order chi connectivity index (χ1) is 10.5. The van der Waals surface area contributed by atoms with Crippen LogP contribution in [0.2, 0.25) is 0 Å². The van der Waals surface area contributed by atoms with Crippen molar-refractivity contribution < 1.29 is 9.90 Å². The van der Waals surface area contributed by atoms with Crippen LogP contribution in [0.3, 0.4) is 0 Å². The Morgan fingerprint density at radius 2 is 1.95 bits per heavy atom. The van der Waals surface area contributed by atoms with Gasteiger partial charge >= 0.3 is 5.97 Å². The monoisotopic (exact) mass is 295 g/mol. The van der Waals surface area contributed by atoms with E-state index in [0.29, 0.717) is 11.2 Å². The highest BCUT2D eigenvalue weighted by Crippen LogP contribution is 2.26. The average molecular weight is 295 g/mol. The molecule has 0 saturated carbocycles. The Labute approximate surface area is 125 Å². The molecule has 3 rings (SSSR count). The molecular formula is C16H13N3O3. The van der Waals surface area contributed by atoms with E-state index in [-0.39, 0.29) is 16.7 Å². The fourth-order valence-corrected chi connectivity index (χ4v) is 2.81. The van der Waals surface area contributed by atoms with Crippen molar-refractivity contribution in [2.75, 3.05) is 0 Å². The number of aryl methyl sites for hydroxylation is 1. The molecule has 22 heavy (non-hydrogen) atoms. The predicted molar refractivity (Wildman–Crippen MR) is 80.9 cm³/mol. The lowest BCUT2D eigenvalue weighted by atomic mass is 9.97. The highest BCUT2D eigenvalue weighted by Gasteiger charge is 2.23. The highest BCUT2D eigenvalue weighted by atomic mass is 16.4. The second kappa shape index (κ2) is 4.74. The third-order valence-electron chi connectivity index (χ3n) is 3.97. The Morgan fingerprint density at radius 3 is 2.55 bits per heavy atom. The number of carbonyl (C=O) groups is 1. The number of hydrogen-bond donors (Lipinski definition) is 1. The molecule has 1 atom stereocenters. The number of carboxylic acids is 1. The highest BCUT2D eigenvalue weighted by molar-refractivity contribution is 5.85. The molecule has 0 aliphatic rings. The van der Waals surface area contributed by atoms with Gasteiger partial charge in [-0.15, -0.1) is 0 Å². The van der Waals surface area contributed by atoms with Gasteiger partial charge in [0.05, 0.1) is 22.5 Å². The van der Waals surface area contributed by atoms with Crippen LogP contribution < -0.4 is 5.56 Å². The van der Waals surface area contributed by atoms with E-state index < -0.39 is 11.9 Å². The molecule has 6 heteroatoms. The van der Waals surface area contributed by atoms with Gasteiger partial charge in [0.15, 0.2) is 0 Å². The van der Waals surface area contributed by atoms with Crippen LogP contribution in [-0.2, 0) is 11.8 Å². The number of nitrogens with zero attached hydrogens (tertiary/aromatic N) is 3. The Bertz CT molecular complexity index is 1020. The third kappa shape index (κ3) is 1.72. The molecule has 2 heterocycles. The molecule has 0 bridgehead atoms. The Morgan fingerprint density at radius 1 is 1.32 bits per heavy atom. The Kier molecular flexibility index (Phi) is 2.99. The normalized spacial score (nSPS) is 12.4. The van der Waals surface area contributed by atoms with Gasteiger partial charge in [-0.2, -0.15) is 5.26 Å². The zero-order valence-corrected chi connectivity index (χ0v) is 12.1. The minimum atomic E-state index is -1.07. The lowest BCUT2D eigenvalue weighted by Crippen LogP contribution is -2.19. The van der Waals surface area contributed by atoms with E-state index in [1.165, 1.54) is 17.4 Å². The number of para-hydroxylation sites is 2. The summed E-state index contributed by atoms with van der Waals surface area (Å²) in [6.07, 6.45) is 0. The molecule has 0 saturated heterocycles. The first-order valence-electron chi connectivity index (χ1n) is 6.73. The van der Waals surface area contributed by atoms with Crippen molar-refractivity contribution in [1.29, 1.82) is 5.26 Å². The van der Waals surface area contributed by atoms with Gasteiger partial charge in [0, 0.05) is 13.1 Å². The van der Waals surface area contributed by atoms with Crippen LogP contribution in [0, 0.1) is 11.3 Å². The maximum absolute atomic E-state index is 12.5. The van der Waals surface area contributed by atoms with Gasteiger partial charge in [0.2, 0.25) is 0 Å². The molecule has 0 amide bonds. The molecule has 110 valence electrons. The first kappa shape index (κ1) is 13.9. The summed E-state index contributed by atoms with van der Waals surface area (Å²) in [7, 11) is 1.76. The zero-order valence-electron chi connectivity index (χ0n) is 12.1. The number of hydrogen-bond acceptors (Lipinski definition) is 3. The summed E-state index contributed by atoms with van der Waals surface area (Å²) >= 11 is 0. The number of rotatable bonds is 2. The molecule has 0 spiro atoms. The molecule has 3 aromatic rings. The number of nitriles is 1. The summed E-state index contributed by atoms with van der Waals surface area (Å²) in [6, 6.07) is 10.6. The fraction of sp³-hybridized carbons (Fsp3) is 0.188. The summed E-state index contributed by atoms with van der Waals surface area (Å²) in [5.74, 6) is -2.00. The van der Waals surface area contributed by atoms with Crippen molar-refractivity contribution in [2.24, 2.45) is 7.05 Å². The van der Waals surface area contributed by atoms with Gasteiger partial charge in [-0.1, -0.05) is 12.1 Å². The summed E-state index contributed by atoms with van der Waals surface area (Å²) in [5, 5.41) is 18.7. The number of imidazole rings is 1. The van der Waals surface area contributed by atoms with E-state index in [2.05, 4.69) is 6.07 Å². The molecule has 1 aromatic carbocycles. The second-order valence-electron chi connectivity index (χ2n) is 5.19. The van der Waals surface area contributed by atoms with Gasteiger partial charge in [-0.25, -0.2) is 0 Å². The van der Waals surface area contributed by atoms with Crippen molar-refractivity contribution in [3.05, 3.63) is 51.8 Å². The number of pyridine rings is 1. The van der Waals surface area contributed by atoms with E-state index in [1.54, 1.807) is 17.7 Å². The van der Waals surface area contributed by atoms with Gasteiger partial charge in [-0.3, -0.25) is 14.0 Å². The van der Waals surface area contributed by atoms with E-state index >= 15 is 0 Å². The average Bonchev–Trinajstić information content (AvgIpc) is 2.81. The SMILES string of the molecule is CC(C(=O)O)c1cc(=O)n2c3ccccc3n(C)c2c1C#N. The van der Waals surface area contributed by atoms with Gasteiger partial charge in [-0.05, 0) is 24.6 Å². The molecule has 0 fully saturated rings. The van der Waals surface area contributed by atoms with E-state index in [9.17, 15) is 20.0 Å². The molecular weight excluding hydrogens is 282 g/mol. The molecule has 0 aliphatic heterocycles. The van der Waals surface area contributed by atoms with Crippen LogP contribution in [0.15, 0.2) is 35.1 Å². The minimum absolute atomic E-state index is 0.216. The van der Waals surface area contributed by atoms with Crippen LogP contribution in [0.4, 0.5) is 0 Å². The van der Waals surface area contributed by atoms with E-state index in [0.717, 1.165) is 5.52 Å². The molecule has 0 radical (unpaired) electrons. The third-order valence-corrected chi connectivity index (χ3v) is 3.97. The summed E-state index contributed by atoms with van der Waals surface area (Å²) in [6.45, 7) is 1.47. The van der Waals surface area contributed by atoms with Crippen molar-refractivity contribution in [3.63, 3.8) is 0 Å². The van der Waals surface area contributed by atoms with Crippen LogP contribution in [0.5, 0.6) is 0 Å². The van der Waals surface area contributed by atoms with Crippen molar-refractivity contribution in [3.8, 4) is 6.07 Å². The smallest absolute Gasteiger partial charge is 0.310 e. The van der Waals surface area contributed by atoms with Crippen molar-refractivity contribution in [2.45, 2.75) is 12.8 Å². The van der Waals surface area contributed by atoms with Crippen LogP contribution in [0.1, 0.15) is 24.0 Å². The topological polar surface area (TPSA) is 87.5 Å². The number of benzene rings is 1. The van der Waals surface area contributed by atoms with Gasteiger partial charge in [0.25, 0.3) is 5.56 Å². The predicted octanol–water partition coefficient (Wildman–Crippen LogP) is 1.85. The number of aliphatic carboxylic acids is 1. The first-order valence-corrected chi connectivity index (χ1v) is 6.73.